The van der Waals surface area contributed by atoms with Crippen molar-refractivity contribution in [3.8, 4) is 0 Å². The fourth-order valence-corrected chi connectivity index (χ4v) is 0.705. The van der Waals surface area contributed by atoms with Crippen LogP contribution >= 0.6 is 0 Å². The van der Waals surface area contributed by atoms with E-state index in [4.69, 9.17) is 5.84 Å². The van der Waals surface area contributed by atoms with Crippen LogP contribution in [0.5, 0.6) is 0 Å². The molecule has 1 aromatic rings. The van der Waals surface area contributed by atoms with Crippen molar-refractivity contribution in [2.45, 2.75) is 13.3 Å². The second-order valence-electron chi connectivity index (χ2n) is 2.01. The molecule has 1 aromatic heterocycles. The molecule has 0 atom stereocenters. The number of pyridine rings is 1. The molecule has 0 radical (unpaired) electrons. The molecule has 0 aliphatic heterocycles. The SMILES string of the molecule is CCc1cc[n+](N)cc1. The summed E-state index contributed by atoms with van der Waals surface area (Å²) >= 11 is 0. The normalized spacial score (nSPS) is 9.44. The largest absolute Gasteiger partial charge is 0.205 e. The summed E-state index contributed by atoms with van der Waals surface area (Å²) in [7, 11) is 0. The first kappa shape index (κ1) is 6.08. The van der Waals surface area contributed by atoms with E-state index in [2.05, 4.69) is 6.92 Å². The van der Waals surface area contributed by atoms with E-state index < -0.39 is 0 Å². The Morgan fingerprint density at radius 3 is 2.44 bits per heavy atom. The van der Waals surface area contributed by atoms with Gasteiger partial charge in [-0.15, -0.1) is 0 Å². The van der Waals surface area contributed by atoms with Crippen LogP contribution in [-0.2, 0) is 6.42 Å². The van der Waals surface area contributed by atoms with Gasteiger partial charge in [0.2, 0.25) is 0 Å². The third-order valence-corrected chi connectivity index (χ3v) is 1.33. The molecule has 2 nitrogen and oxygen atoms in total. The van der Waals surface area contributed by atoms with E-state index in [1.807, 2.05) is 24.5 Å². The number of nitrogen functional groups attached to an aromatic ring is 1. The highest BCUT2D eigenvalue weighted by molar-refractivity contribution is 5.06. The van der Waals surface area contributed by atoms with Crippen LogP contribution in [0, 0.1) is 0 Å². The van der Waals surface area contributed by atoms with Crippen LogP contribution in [0.1, 0.15) is 12.5 Å². The van der Waals surface area contributed by atoms with Crippen LogP contribution < -0.4 is 10.5 Å². The Kier molecular flexibility index (Phi) is 1.68. The molecule has 0 aliphatic rings. The Balaban J connectivity index is 2.88. The molecule has 0 aromatic carbocycles. The average Bonchev–Trinajstić information content (AvgIpc) is 1.90. The molecule has 9 heavy (non-hydrogen) atoms. The standard InChI is InChI=1S/C7H11N2/c1-2-7-3-5-9(8)6-4-7/h3-6H,2,8H2,1H3/q+1. The third kappa shape index (κ3) is 1.42. The quantitative estimate of drug-likeness (QED) is 0.421. The number of nitrogens with zero attached hydrogens (tertiary/aromatic N) is 1. The van der Waals surface area contributed by atoms with E-state index in [1.165, 1.54) is 5.56 Å². The number of nitrogens with two attached hydrogens (primary N) is 1. The van der Waals surface area contributed by atoms with Gasteiger partial charge < -0.3 is 0 Å². The number of hydrogen-bond acceptors (Lipinski definition) is 1. The molecule has 2 heteroatoms. The van der Waals surface area contributed by atoms with Gasteiger partial charge in [-0.1, -0.05) is 11.6 Å². The highest BCUT2D eigenvalue weighted by atomic mass is 15.3. The number of aromatic nitrogens is 1. The van der Waals surface area contributed by atoms with E-state index >= 15 is 0 Å². The van der Waals surface area contributed by atoms with E-state index in [-0.39, 0.29) is 0 Å². The fourth-order valence-electron chi connectivity index (χ4n) is 0.705. The molecule has 0 spiro atoms. The highest BCUT2D eigenvalue weighted by Crippen LogP contribution is 1.93. The summed E-state index contributed by atoms with van der Waals surface area (Å²) in [6.07, 6.45) is 4.76. The van der Waals surface area contributed by atoms with Crippen LogP contribution in [0.25, 0.3) is 0 Å². The minimum absolute atomic E-state index is 1.07. The summed E-state index contributed by atoms with van der Waals surface area (Å²) in [5.74, 6) is 5.40. The lowest BCUT2D eigenvalue weighted by atomic mass is 10.2. The van der Waals surface area contributed by atoms with Crippen LogP contribution in [0.4, 0.5) is 0 Å². The summed E-state index contributed by atoms with van der Waals surface area (Å²) in [4.78, 5) is 0. The Morgan fingerprint density at radius 2 is 2.00 bits per heavy atom. The lowest BCUT2D eigenvalue weighted by Gasteiger charge is -1.89. The molecule has 0 fully saturated rings. The molecule has 0 amide bonds. The zero-order valence-corrected chi connectivity index (χ0v) is 5.54. The molecule has 2 N–H and O–H groups in total. The van der Waals surface area contributed by atoms with Gasteiger partial charge in [-0.2, -0.15) is 0 Å². The fraction of sp³-hybridized carbons (Fsp3) is 0.286. The van der Waals surface area contributed by atoms with Crippen LogP contribution in [0.2, 0.25) is 0 Å². The van der Waals surface area contributed by atoms with Gasteiger partial charge in [0.15, 0.2) is 12.4 Å². The smallest absolute Gasteiger partial charge is 0.199 e. The number of aryl methyl sites for hydroxylation is 1. The first-order valence-corrected chi connectivity index (χ1v) is 3.08. The van der Waals surface area contributed by atoms with Crippen LogP contribution in [0.3, 0.4) is 0 Å². The minimum atomic E-state index is 1.07. The van der Waals surface area contributed by atoms with E-state index in [9.17, 15) is 0 Å². The summed E-state index contributed by atoms with van der Waals surface area (Å²) in [6, 6.07) is 4.03. The first-order valence-electron chi connectivity index (χ1n) is 3.08. The molecule has 1 rings (SSSR count). The summed E-state index contributed by atoms with van der Waals surface area (Å²) in [5, 5.41) is 0. The molecule has 0 saturated heterocycles. The zero-order chi connectivity index (χ0) is 6.69. The topological polar surface area (TPSA) is 29.9 Å². The van der Waals surface area contributed by atoms with Gasteiger partial charge in [-0.05, 0) is 12.0 Å². The van der Waals surface area contributed by atoms with Crippen molar-refractivity contribution in [2.75, 3.05) is 5.84 Å². The summed E-state index contributed by atoms with van der Waals surface area (Å²) in [5.41, 5.74) is 1.32. The van der Waals surface area contributed by atoms with Gasteiger partial charge in [0.1, 0.15) is 0 Å². The van der Waals surface area contributed by atoms with Gasteiger partial charge in [0, 0.05) is 12.1 Å². The van der Waals surface area contributed by atoms with E-state index in [0.717, 1.165) is 6.42 Å². The second kappa shape index (κ2) is 2.49. The number of hydrogen-bond donors (Lipinski definition) is 1. The van der Waals surface area contributed by atoms with Crippen molar-refractivity contribution >= 4 is 0 Å². The predicted molar refractivity (Wildman–Crippen MR) is 36.2 cm³/mol. The lowest BCUT2D eigenvalue weighted by Crippen LogP contribution is -2.43. The first-order chi connectivity index (χ1) is 4.33. The Bertz CT molecular complexity index is 179. The van der Waals surface area contributed by atoms with Gasteiger partial charge >= 0.3 is 0 Å². The van der Waals surface area contributed by atoms with Crippen LogP contribution in [-0.4, -0.2) is 0 Å². The molecular weight excluding hydrogens is 112 g/mol. The van der Waals surface area contributed by atoms with Crippen molar-refractivity contribution in [1.82, 2.24) is 0 Å². The highest BCUT2D eigenvalue weighted by Gasteiger charge is 1.91. The van der Waals surface area contributed by atoms with Crippen molar-refractivity contribution < 1.29 is 4.68 Å². The Hall–Kier alpha value is -1.05. The van der Waals surface area contributed by atoms with Gasteiger partial charge in [-0.3, -0.25) is 0 Å². The lowest BCUT2D eigenvalue weighted by molar-refractivity contribution is -0.639. The predicted octanol–water partition coefficient (Wildman–Crippen LogP) is 0.250. The molecule has 1 heterocycles. The summed E-state index contributed by atoms with van der Waals surface area (Å²) in [6.45, 7) is 2.12. The van der Waals surface area contributed by atoms with Crippen LogP contribution in [0.15, 0.2) is 24.5 Å². The molecule has 0 unspecified atom stereocenters. The van der Waals surface area contributed by atoms with E-state index in [1.54, 1.807) is 4.68 Å². The summed E-state index contributed by atoms with van der Waals surface area (Å²) < 4.78 is 1.54. The van der Waals surface area contributed by atoms with Crippen molar-refractivity contribution in [2.24, 2.45) is 0 Å². The molecule has 48 valence electrons. The second-order valence-corrected chi connectivity index (χ2v) is 2.01. The zero-order valence-electron chi connectivity index (χ0n) is 5.54. The molecular formula is C7H11N2+. The Morgan fingerprint density at radius 1 is 1.44 bits per heavy atom. The third-order valence-electron chi connectivity index (χ3n) is 1.33. The number of rotatable bonds is 1. The maximum Gasteiger partial charge on any atom is 0.199 e. The van der Waals surface area contributed by atoms with Gasteiger partial charge in [0.05, 0.1) is 0 Å². The average molecular weight is 123 g/mol. The molecule has 0 bridgehead atoms. The molecule has 0 saturated carbocycles. The monoisotopic (exact) mass is 123 g/mol. The van der Waals surface area contributed by atoms with E-state index in [0.29, 0.717) is 0 Å². The molecule has 0 aliphatic carbocycles. The van der Waals surface area contributed by atoms with Gasteiger partial charge in [0.25, 0.3) is 0 Å². The minimum Gasteiger partial charge on any atom is -0.205 e. The maximum atomic E-state index is 5.40. The van der Waals surface area contributed by atoms with Crippen molar-refractivity contribution in [1.29, 1.82) is 0 Å². The van der Waals surface area contributed by atoms with Gasteiger partial charge in [-0.25, -0.2) is 5.84 Å². The van der Waals surface area contributed by atoms with Crippen molar-refractivity contribution in [3.63, 3.8) is 0 Å². The Labute approximate surface area is 54.9 Å². The van der Waals surface area contributed by atoms with Crippen molar-refractivity contribution in [3.05, 3.63) is 30.1 Å². The maximum absolute atomic E-state index is 5.40.